The second-order valence-corrected chi connectivity index (χ2v) is 8.59. The van der Waals surface area contributed by atoms with Crippen LogP contribution in [0.25, 0.3) is 10.8 Å². The summed E-state index contributed by atoms with van der Waals surface area (Å²) in [6.07, 6.45) is 2.52. The molecule has 1 aromatic heterocycles. The van der Waals surface area contributed by atoms with Gasteiger partial charge in [0.05, 0.1) is 0 Å². The fraction of sp³-hybridized carbons (Fsp3) is 0.348. The first-order valence-electron chi connectivity index (χ1n) is 10.5. The van der Waals surface area contributed by atoms with Gasteiger partial charge in [0.2, 0.25) is 11.0 Å². The quantitative estimate of drug-likeness (QED) is 0.521. The molecular formula is C23H24N4O3S. The van der Waals surface area contributed by atoms with Crippen LogP contribution in [0.2, 0.25) is 0 Å². The lowest BCUT2D eigenvalue weighted by atomic mass is 9.94. The van der Waals surface area contributed by atoms with E-state index in [4.69, 9.17) is 0 Å². The fourth-order valence-corrected chi connectivity index (χ4v) is 4.98. The Hall–Kier alpha value is -3.13. The van der Waals surface area contributed by atoms with Crippen LogP contribution in [0.15, 0.2) is 36.4 Å². The first-order chi connectivity index (χ1) is 15.0. The molecule has 160 valence electrons. The van der Waals surface area contributed by atoms with E-state index in [1.165, 1.54) is 16.2 Å². The highest BCUT2D eigenvalue weighted by Crippen LogP contribution is 2.30. The minimum Gasteiger partial charge on any atom is -0.301 e. The first-order valence-corrected chi connectivity index (χ1v) is 11.4. The third kappa shape index (κ3) is 4.07. The molecule has 1 N–H and O–H groups in total. The van der Waals surface area contributed by atoms with Gasteiger partial charge in [-0.3, -0.25) is 19.3 Å². The zero-order chi connectivity index (χ0) is 22.0. The molecule has 3 amide bonds. The molecule has 0 radical (unpaired) electrons. The van der Waals surface area contributed by atoms with Crippen LogP contribution in [0.1, 0.15) is 71.2 Å². The van der Waals surface area contributed by atoms with Crippen LogP contribution in [0.3, 0.4) is 0 Å². The van der Waals surface area contributed by atoms with Crippen LogP contribution in [-0.2, 0) is 4.79 Å². The van der Waals surface area contributed by atoms with Crippen LogP contribution < -0.4 is 5.32 Å². The standard InChI is InChI=1S/C23H24N4O3S/c1-3-14(4-2)20-25-26-23(31-20)24-18(28)12-7-13-27-21(29)16-10-5-8-15-9-6-11-17(19(15)16)22(27)30/h5-6,8-11,14H,3-4,7,12-13H2,1-2H3,(H,24,26,28). The Labute approximate surface area is 184 Å². The highest BCUT2D eigenvalue weighted by molar-refractivity contribution is 7.15. The summed E-state index contributed by atoms with van der Waals surface area (Å²) in [6.45, 7) is 4.40. The van der Waals surface area contributed by atoms with Crippen molar-refractivity contribution in [2.45, 2.75) is 45.4 Å². The smallest absolute Gasteiger partial charge is 0.261 e. The predicted octanol–water partition coefficient (Wildman–Crippen LogP) is 4.61. The molecule has 0 spiro atoms. The Balaban J connectivity index is 1.37. The van der Waals surface area contributed by atoms with E-state index in [-0.39, 0.29) is 30.7 Å². The monoisotopic (exact) mass is 436 g/mol. The molecule has 7 nitrogen and oxygen atoms in total. The predicted molar refractivity (Wildman–Crippen MR) is 120 cm³/mol. The van der Waals surface area contributed by atoms with Gasteiger partial charge in [-0.2, -0.15) is 0 Å². The summed E-state index contributed by atoms with van der Waals surface area (Å²) in [5.74, 6) is -0.472. The van der Waals surface area contributed by atoms with E-state index in [0.717, 1.165) is 23.2 Å². The van der Waals surface area contributed by atoms with Gasteiger partial charge in [0.25, 0.3) is 11.8 Å². The number of carbonyl (C=O) groups is 3. The lowest BCUT2D eigenvalue weighted by molar-refractivity contribution is -0.116. The highest BCUT2D eigenvalue weighted by Gasteiger charge is 2.32. The van der Waals surface area contributed by atoms with Crippen LogP contribution in [0, 0.1) is 0 Å². The van der Waals surface area contributed by atoms with Crippen LogP contribution in [0.5, 0.6) is 0 Å². The second-order valence-electron chi connectivity index (χ2n) is 7.58. The number of carbonyl (C=O) groups excluding carboxylic acids is 3. The number of anilines is 1. The fourth-order valence-electron chi connectivity index (χ4n) is 3.95. The minimum atomic E-state index is -0.311. The van der Waals surface area contributed by atoms with Gasteiger partial charge in [0.15, 0.2) is 0 Å². The van der Waals surface area contributed by atoms with E-state index >= 15 is 0 Å². The number of benzene rings is 2. The summed E-state index contributed by atoms with van der Waals surface area (Å²) in [5, 5.41) is 14.0. The molecule has 0 aliphatic carbocycles. The number of rotatable bonds is 8. The van der Waals surface area contributed by atoms with Gasteiger partial charge in [-0.25, -0.2) is 0 Å². The summed E-state index contributed by atoms with van der Waals surface area (Å²) in [4.78, 5) is 39.3. The SMILES string of the molecule is CCC(CC)c1nnc(NC(=O)CCCN2C(=O)c3cccc4cccc(c34)C2=O)s1. The van der Waals surface area contributed by atoms with Crippen molar-refractivity contribution in [3.05, 3.63) is 52.5 Å². The van der Waals surface area contributed by atoms with Gasteiger partial charge in [0, 0.05) is 35.4 Å². The van der Waals surface area contributed by atoms with Gasteiger partial charge < -0.3 is 5.32 Å². The van der Waals surface area contributed by atoms with Crippen LogP contribution >= 0.6 is 11.3 Å². The van der Waals surface area contributed by atoms with Gasteiger partial charge in [0.1, 0.15) is 5.01 Å². The highest BCUT2D eigenvalue weighted by atomic mass is 32.1. The van der Waals surface area contributed by atoms with Gasteiger partial charge >= 0.3 is 0 Å². The largest absolute Gasteiger partial charge is 0.301 e. The number of aromatic nitrogens is 2. The number of amides is 3. The molecule has 0 saturated heterocycles. The van der Waals surface area contributed by atoms with Crippen molar-refractivity contribution in [1.82, 2.24) is 15.1 Å². The number of imide groups is 1. The van der Waals surface area contributed by atoms with Crippen molar-refractivity contribution in [1.29, 1.82) is 0 Å². The van der Waals surface area contributed by atoms with Crippen molar-refractivity contribution in [3.8, 4) is 0 Å². The summed E-state index contributed by atoms with van der Waals surface area (Å²) < 4.78 is 0. The average Bonchev–Trinajstić information content (AvgIpc) is 3.23. The maximum atomic E-state index is 12.9. The summed E-state index contributed by atoms with van der Waals surface area (Å²) in [6, 6.07) is 10.9. The molecule has 0 unspecified atom stereocenters. The summed E-state index contributed by atoms with van der Waals surface area (Å²) in [5.41, 5.74) is 1.06. The maximum Gasteiger partial charge on any atom is 0.261 e. The summed E-state index contributed by atoms with van der Waals surface area (Å²) >= 11 is 1.40. The third-order valence-corrected chi connectivity index (χ3v) is 6.66. The minimum absolute atomic E-state index is 0.183. The van der Waals surface area contributed by atoms with Crippen molar-refractivity contribution >= 4 is 45.0 Å². The zero-order valence-corrected chi connectivity index (χ0v) is 18.4. The van der Waals surface area contributed by atoms with Crippen molar-refractivity contribution < 1.29 is 14.4 Å². The average molecular weight is 437 g/mol. The van der Waals surface area contributed by atoms with E-state index < -0.39 is 0 Å². The third-order valence-electron chi connectivity index (χ3n) is 5.66. The Bertz CT molecular complexity index is 1100. The number of hydrogen-bond acceptors (Lipinski definition) is 6. The number of nitrogens with zero attached hydrogens (tertiary/aromatic N) is 3. The first kappa shape index (κ1) is 21.1. The lowest BCUT2D eigenvalue weighted by Gasteiger charge is -2.27. The van der Waals surface area contributed by atoms with E-state index in [9.17, 15) is 14.4 Å². The molecule has 3 aromatic rings. The molecule has 2 heterocycles. The molecule has 8 heteroatoms. The molecular weight excluding hydrogens is 412 g/mol. The second kappa shape index (κ2) is 8.93. The van der Waals surface area contributed by atoms with E-state index in [2.05, 4.69) is 29.4 Å². The van der Waals surface area contributed by atoms with Crippen molar-refractivity contribution in [2.24, 2.45) is 0 Å². The normalized spacial score (nSPS) is 13.3. The zero-order valence-electron chi connectivity index (χ0n) is 17.6. The van der Waals surface area contributed by atoms with E-state index in [1.807, 2.05) is 24.3 Å². The molecule has 0 saturated carbocycles. The number of nitrogens with one attached hydrogen (secondary N) is 1. The van der Waals surface area contributed by atoms with Gasteiger partial charge in [-0.15, -0.1) is 10.2 Å². The maximum absolute atomic E-state index is 12.9. The molecule has 1 aliphatic heterocycles. The van der Waals surface area contributed by atoms with Crippen molar-refractivity contribution in [2.75, 3.05) is 11.9 Å². The molecule has 4 rings (SSSR count). The molecule has 1 aliphatic rings. The molecule has 0 atom stereocenters. The van der Waals surface area contributed by atoms with Gasteiger partial charge in [-0.05, 0) is 36.8 Å². The topological polar surface area (TPSA) is 92.3 Å². The Morgan fingerprint density at radius 1 is 1.03 bits per heavy atom. The van der Waals surface area contributed by atoms with E-state index in [0.29, 0.717) is 34.0 Å². The van der Waals surface area contributed by atoms with Gasteiger partial charge in [-0.1, -0.05) is 49.4 Å². The molecule has 2 aromatic carbocycles. The molecule has 0 bridgehead atoms. The lowest BCUT2D eigenvalue weighted by Crippen LogP contribution is -2.41. The van der Waals surface area contributed by atoms with Crippen LogP contribution in [0.4, 0.5) is 5.13 Å². The Kier molecular flexibility index (Phi) is 6.08. The molecule has 0 fully saturated rings. The Morgan fingerprint density at radius 2 is 1.68 bits per heavy atom. The molecule has 31 heavy (non-hydrogen) atoms. The Morgan fingerprint density at radius 3 is 2.29 bits per heavy atom. The van der Waals surface area contributed by atoms with Crippen LogP contribution in [-0.4, -0.2) is 39.4 Å². The van der Waals surface area contributed by atoms with E-state index in [1.54, 1.807) is 12.1 Å². The summed E-state index contributed by atoms with van der Waals surface area (Å²) in [7, 11) is 0. The number of hydrogen-bond donors (Lipinski definition) is 1. The van der Waals surface area contributed by atoms with Crippen molar-refractivity contribution in [3.63, 3.8) is 0 Å².